The molecule has 1 fully saturated rings. The Kier molecular flexibility index (Phi) is 6.61. The Bertz CT molecular complexity index is 745. The molecule has 1 aliphatic rings. The summed E-state index contributed by atoms with van der Waals surface area (Å²) in [4.78, 5) is 19.0. The zero-order valence-corrected chi connectivity index (χ0v) is 15.6. The average molecular weight is 375 g/mol. The highest BCUT2D eigenvalue weighted by Crippen LogP contribution is 2.28. The first kappa shape index (κ1) is 19.1. The Labute approximate surface area is 158 Å². The number of carbonyl (C=O) groups is 1. The number of methoxy groups -OCH3 is 1. The lowest BCUT2D eigenvalue weighted by molar-refractivity contribution is 0.0387. The van der Waals surface area contributed by atoms with Gasteiger partial charge in [0.05, 0.1) is 20.3 Å². The second kappa shape index (κ2) is 9.33. The number of aromatic nitrogens is 2. The minimum absolute atomic E-state index is 0.304. The minimum atomic E-state index is -0.581. The molecule has 2 heterocycles. The molecule has 1 unspecified atom stereocenters. The molecule has 2 amide bonds. The van der Waals surface area contributed by atoms with Gasteiger partial charge in [-0.2, -0.15) is 4.98 Å². The molecule has 146 valence electrons. The Morgan fingerprint density at radius 2 is 2.11 bits per heavy atom. The van der Waals surface area contributed by atoms with E-state index in [9.17, 15) is 4.79 Å². The van der Waals surface area contributed by atoms with Crippen LogP contribution in [-0.4, -0.2) is 67.6 Å². The van der Waals surface area contributed by atoms with Crippen LogP contribution in [0.15, 0.2) is 28.8 Å². The van der Waals surface area contributed by atoms with Crippen molar-refractivity contribution in [2.45, 2.75) is 13.0 Å². The number of rotatable bonds is 7. The van der Waals surface area contributed by atoms with Crippen LogP contribution in [0.5, 0.6) is 5.75 Å². The monoisotopic (exact) mass is 375 g/mol. The van der Waals surface area contributed by atoms with Crippen LogP contribution in [0.4, 0.5) is 4.79 Å². The van der Waals surface area contributed by atoms with Crippen LogP contribution >= 0.6 is 0 Å². The first-order valence-corrected chi connectivity index (χ1v) is 8.95. The van der Waals surface area contributed by atoms with Gasteiger partial charge < -0.3 is 24.6 Å². The van der Waals surface area contributed by atoms with Crippen LogP contribution < -0.4 is 15.4 Å². The third kappa shape index (κ3) is 5.18. The van der Waals surface area contributed by atoms with Gasteiger partial charge in [0.25, 0.3) is 0 Å². The lowest BCUT2D eigenvalue weighted by atomic mass is 10.1. The number of benzene rings is 1. The number of aryl methyl sites for hydroxylation is 1. The van der Waals surface area contributed by atoms with Crippen LogP contribution in [-0.2, 0) is 4.74 Å². The van der Waals surface area contributed by atoms with Crippen LogP contribution in [0.25, 0.3) is 0 Å². The van der Waals surface area contributed by atoms with Gasteiger partial charge in [0, 0.05) is 38.7 Å². The summed E-state index contributed by atoms with van der Waals surface area (Å²) in [5.41, 5.74) is 0.754. The standard InChI is InChI=1S/C18H25N5O4/c1-13-20-17(22-27-13)16(14-5-3-4-6-15(14)25-2)21-18(24)19-7-8-23-9-11-26-12-10-23/h3-6,16H,7-12H2,1-2H3,(H2,19,21,24). The second-order valence-electron chi connectivity index (χ2n) is 6.20. The number of ether oxygens (including phenoxy) is 2. The Hall–Kier alpha value is -2.65. The van der Waals surface area contributed by atoms with Crippen molar-refractivity contribution >= 4 is 6.03 Å². The maximum absolute atomic E-state index is 12.5. The summed E-state index contributed by atoms with van der Waals surface area (Å²) in [7, 11) is 1.58. The molecule has 1 aromatic heterocycles. The highest BCUT2D eigenvalue weighted by molar-refractivity contribution is 5.75. The van der Waals surface area contributed by atoms with E-state index in [4.69, 9.17) is 14.0 Å². The quantitative estimate of drug-likeness (QED) is 0.747. The maximum Gasteiger partial charge on any atom is 0.315 e. The van der Waals surface area contributed by atoms with Gasteiger partial charge in [-0.15, -0.1) is 0 Å². The molecule has 0 radical (unpaired) electrons. The number of urea groups is 1. The number of morpholine rings is 1. The number of nitrogens with one attached hydrogen (secondary N) is 2. The van der Waals surface area contributed by atoms with Gasteiger partial charge in [0.1, 0.15) is 11.8 Å². The summed E-state index contributed by atoms with van der Waals surface area (Å²) in [6, 6.07) is 6.54. The first-order valence-electron chi connectivity index (χ1n) is 8.95. The normalized spacial score (nSPS) is 15.9. The molecular weight excluding hydrogens is 350 g/mol. The Balaban J connectivity index is 1.65. The van der Waals surface area contributed by atoms with Crippen molar-refractivity contribution in [2.24, 2.45) is 0 Å². The van der Waals surface area contributed by atoms with Crippen LogP contribution in [0, 0.1) is 6.92 Å². The number of carbonyl (C=O) groups excluding carboxylic acids is 1. The largest absolute Gasteiger partial charge is 0.496 e. The van der Waals surface area contributed by atoms with Crippen LogP contribution in [0.1, 0.15) is 23.3 Å². The van der Waals surface area contributed by atoms with Crippen molar-refractivity contribution in [2.75, 3.05) is 46.5 Å². The fourth-order valence-corrected chi connectivity index (χ4v) is 2.95. The molecule has 1 saturated heterocycles. The van der Waals surface area contributed by atoms with E-state index in [-0.39, 0.29) is 6.03 Å². The SMILES string of the molecule is COc1ccccc1C(NC(=O)NCCN1CCOCC1)c1noc(C)n1. The predicted octanol–water partition coefficient (Wildman–Crippen LogP) is 1.11. The molecule has 2 aromatic rings. The van der Waals surface area contributed by atoms with Crippen LogP contribution in [0.2, 0.25) is 0 Å². The molecule has 9 heteroatoms. The molecule has 1 aromatic carbocycles. The van der Waals surface area contributed by atoms with Crippen molar-refractivity contribution in [3.8, 4) is 5.75 Å². The smallest absolute Gasteiger partial charge is 0.315 e. The molecule has 0 saturated carbocycles. The molecule has 1 aliphatic heterocycles. The van der Waals surface area contributed by atoms with Crippen molar-refractivity contribution in [3.05, 3.63) is 41.5 Å². The highest BCUT2D eigenvalue weighted by atomic mass is 16.5. The van der Waals surface area contributed by atoms with Gasteiger partial charge in [0.2, 0.25) is 5.89 Å². The van der Waals surface area contributed by atoms with Crippen molar-refractivity contribution in [3.63, 3.8) is 0 Å². The maximum atomic E-state index is 12.5. The lowest BCUT2D eigenvalue weighted by Crippen LogP contribution is -2.44. The van der Waals surface area contributed by atoms with Gasteiger partial charge >= 0.3 is 6.03 Å². The molecule has 0 spiro atoms. The fraction of sp³-hybridized carbons (Fsp3) is 0.500. The zero-order valence-electron chi connectivity index (χ0n) is 15.6. The molecule has 3 rings (SSSR count). The average Bonchev–Trinajstić information content (AvgIpc) is 3.13. The number of amides is 2. The van der Waals surface area contributed by atoms with E-state index < -0.39 is 6.04 Å². The zero-order chi connectivity index (χ0) is 19.1. The van der Waals surface area contributed by atoms with Gasteiger partial charge in [-0.25, -0.2) is 4.79 Å². The summed E-state index contributed by atoms with van der Waals surface area (Å²) in [6.45, 7) is 6.26. The molecule has 9 nitrogen and oxygen atoms in total. The summed E-state index contributed by atoms with van der Waals surface area (Å²) < 4.78 is 15.8. The van der Waals surface area contributed by atoms with Gasteiger partial charge in [0.15, 0.2) is 5.82 Å². The van der Waals surface area contributed by atoms with E-state index in [1.807, 2.05) is 24.3 Å². The third-order valence-electron chi connectivity index (χ3n) is 4.34. The van der Waals surface area contributed by atoms with E-state index in [1.165, 1.54) is 0 Å². The Morgan fingerprint density at radius 1 is 1.33 bits per heavy atom. The van der Waals surface area contributed by atoms with Crippen LogP contribution in [0.3, 0.4) is 0 Å². The van der Waals surface area contributed by atoms with E-state index in [1.54, 1.807) is 14.0 Å². The van der Waals surface area contributed by atoms with Crippen molar-refractivity contribution in [1.82, 2.24) is 25.7 Å². The number of hydrogen-bond donors (Lipinski definition) is 2. The van der Waals surface area contributed by atoms with Gasteiger partial charge in [-0.1, -0.05) is 23.4 Å². The molecule has 1 atom stereocenters. The van der Waals surface area contributed by atoms with Crippen molar-refractivity contribution in [1.29, 1.82) is 0 Å². The number of hydrogen-bond acceptors (Lipinski definition) is 7. The molecule has 0 bridgehead atoms. The fourth-order valence-electron chi connectivity index (χ4n) is 2.95. The Morgan fingerprint density at radius 3 is 2.81 bits per heavy atom. The van der Waals surface area contributed by atoms with E-state index in [0.717, 1.165) is 38.4 Å². The molecule has 2 N–H and O–H groups in total. The molecule has 27 heavy (non-hydrogen) atoms. The third-order valence-corrected chi connectivity index (χ3v) is 4.34. The van der Waals surface area contributed by atoms with E-state index >= 15 is 0 Å². The number of nitrogens with zero attached hydrogens (tertiary/aromatic N) is 3. The summed E-state index contributed by atoms with van der Waals surface area (Å²) >= 11 is 0. The van der Waals surface area contributed by atoms with E-state index in [0.29, 0.717) is 24.0 Å². The minimum Gasteiger partial charge on any atom is -0.496 e. The topological polar surface area (TPSA) is 102 Å². The van der Waals surface area contributed by atoms with Gasteiger partial charge in [-0.05, 0) is 6.07 Å². The summed E-state index contributed by atoms with van der Waals surface area (Å²) in [5.74, 6) is 1.44. The molecule has 0 aliphatic carbocycles. The summed E-state index contributed by atoms with van der Waals surface area (Å²) in [6.07, 6.45) is 0. The van der Waals surface area contributed by atoms with Crippen molar-refractivity contribution < 1.29 is 18.8 Å². The predicted molar refractivity (Wildman–Crippen MR) is 97.7 cm³/mol. The van der Waals surface area contributed by atoms with E-state index in [2.05, 4.69) is 25.7 Å². The number of para-hydroxylation sites is 1. The second-order valence-corrected chi connectivity index (χ2v) is 6.20. The van der Waals surface area contributed by atoms with Gasteiger partial charge in [-0.3, -0.25) is 4.90 Å². The molecular formula is C18H25N5O4. The summed E-state index contributed by atoms with van der Waals surface area (Å²) in [5, 5.41) is 9.77. The lowest BCUT2D eigenvalue weighted by Gasteiger charge is -2.26. The highest BCUT2D eigenvalue weighted by Gasteiger charge is 2.25. The first-order chi connectivity index (χ1) is 13.2.